The summed E-state index contributed by atoms with van der Waals surface area (Å²) >= 11 is 6.00. The highest BCUT2D eigenvalue weighted by Gasteiger charge is 2.39. The topological polar surface area (TPSA) is 41.1 Å². The molecule has 0 spiro atoms. The van der Waals surface area contributed by atoms with E-state index in [1.165, 1.54) is 0 Å². The molecule has 19 heavy (non-hydrogen) atoms. The van der Waals surface area contributed by atoms with E-state index in [9.17, 15) is 0 Å². The summed E-state index contributed by atoms with van der Waals surface area (Å²) in [6.07, 6.45) is 3.71. The van der Waals surface area contributed by atoms with Gasteiger partial charge in [0, 0.05) is 30.2 Å². The van der Waals surface area contributed by atoms with Crippen LogP contribution in [-0.4, -0.2) is 34.4 Å². The molecule has 0 atom stereocenters. The van der Waals surface area contributed by atoms with Crippen molar-refractivity contribution in [2.75, 3.05) is 11.9 Å². The van der Waals surface area contributed by atoms with Crippen LogP contribution in [0.3, 0.4) is 0 Å². The Morgan fingerprint density at radius 1 is 1.26 bits per heavy atom. The molecule has 0 unspecified atom stereocenters. The second-order valence-electron chi connectivity index (χ2n) is 6.80. The number of rotatable bonds is 2. The lowest BCUT2D eigenvalue weighted by Gasteiger charge is -2.49. The van der Waals surface area contributed by atoms with Crippen molar-refractivity contribution in [3.05, 3.63) is 17.3 Å². The van der Waals surface area contributed by atoms with Crippen LogP contribution in [0.1, 0.15) is 40.5 Å². The quantitative estimate of drug-likeness (QED) is 0.906. The van der Waals surface area contributed by atoms with Crippen LogP contribution in [0.15, 0.2) is 12.3 Å². The zero-order valence-corrected chi connectivity index (χ0v) is 13.1. The van der Waals surface area contributed by atoms with E-state index in [-0.39, 0.29) is 11.1 Å². The number of hydrogen-bond donors (Lipinski definition) is 1. The van der Waals surface area contributed by atoms with Gasteiger partial charge in [0.15, 0.2) is 5.82 Å². The highest BCUT2D eigenvalue weighted by atomic mass is 35.5. The third-order valence-electron chi connectivity index (χ3n) is 3.69. The standard InChI is InChI=1S/C14H23ClN4/c1-13(2)7-11(8-14(3,4)18-13)19(5)12-6-10(15)9-16-17-12/h6,9,11,18H,7-8H2,1-5H3. The predicted molar refractivity (Wildman–Crippen MR) is 79.8 cm³/mol. The highest BCUT2D eigenvalue weighted by molar-refractivity contribution is 6.30. The van der Waals surface area contributed by atoms with E-state index in [1.807, 2.05) is 6.07 Å². The van der Waals surface area contributed by atoms with Crippen LogP contribution < -0.4 is 10.2 Å². The van der Waals surface area contributed by atoms with Crippen molar-refractivity contribution in [1.82, 2.24) is 15.5 Å². The van der Waals surface area contributed by atoms with E-state index < -0.39 is 0 Å². The molecule has 2 rings (SSSR count). The zero-order valence-electron chi connectivity index (χ0n) is 12.4. The summed E-state index contributed by atoms with van der Waals surface area (Å²) in [4.78, 5) is 2.20. The van der Waals surface area contributed by atoms with Gasteiger partial charge in [-0.2, -0.15) is 5.10 Å². The number of hydrogen-bond acceptors (Lipinski definition) is 4. The Morgan fingerprint density at radius 3 is 2.37 bits per heavy atom. The zero-order chi connectivity index (χ0) is 14.3. The maximum Gasteiger partial charge on any atom is 0.152 e. The molecule has 4 nitrogen and oxygen atoms in total. The lowest BCUT2D eigenvalue weighted by atomic mass is 9.79. The average Bonchev–Trinajstić information content (AvgIpc) is 2.23. The van der Waals surface area contributed by atoms with E-state index in [0.29, 0.717) is 11.1 Å². The molecule has 1 aromatic rings. The fourth-order valence-corrected chi connectivity index (χ4v) is 3.38. The molecular formula is C14H23ClN4. The Hall–Kier alpha value is -0.870. The predicted octanol–water partition coefficient (Wildman–Crippen LogP) is 2.88. The van der Waals surface area contributed by atoms with Gasteiger partial charge < -0.3 is 10.2 Å². The Balaban J connectivity index is 2.21. The van der Waals surface area contributed by atoms with Gasteiger partial charge in [-0.3, -0.25) is 0 Å². The molecule has 0 radical (unpaired) electrons. The largest absolute Gasteiger partial charge is 0.355 e. The number of aromatic nitrogens is 2. The minimum atomic E-state index is 0.118. The Kier molecular flexibility index (Phi) is 3.76. The number of nitrogens with zero attached hydrogens (tertiary/aromatic N) is 3. The fraction of sp³-hybridized carbons (Fsp3) is 0.714. The van der Waals surface area contributed by atoms with Crippen molar-refractivity contribution in [3.8, 4) is 0 Å². The maximum absolute atomic E-state index is 6.00. The normalized spacial score (nSPS) is 22.2. The number of piperidine rings is 1. The second-order valence-corrected chi connectivity index (χ2v) is 7.23. The molecule has 1 fully saturated rings. The lowest BCUT2D eigenvalue weighted by molar-refractivity contribution is 0.160. The summed E-state index contributed by atoms with van der Waals surface area (Å²) < 4.78 is 0. The maximum atomic E-state index is 6.00. The monoisotopic (exact) mass is 282 g/mol. The van der Waals surface area contributed by atoms with Gasteiger partial charge in [-0.25, -0.2) is 0 Å². The summed E-state index contributed by atoms with van der Waals surface area (Å²) in [6.45, 7) is 8.99. The Morgan fingerprint density at radius 2 is 1.84 bits per heavy atom. The third kappa shape index (κ3) is 3.57. The van der Waals surface area contributed by atoms with Crippen molar-refractivity contribution in [3.63, 3.8) is 0 Å². The van der Waals surface area contributed by atoms with Crippen molar-refractivity contribution in [1.29, 1.82) is 0 Å². The van der Waals surface area contributed by atoms with Gasteiger partial charge in [-0.05, 0) is 40.5 Å². The van der Waals surface area contributed by atoms with Gasteiger partial charge in [0.2, 0.25) is 0 Å². The van der Waals surface area contributed by atoms with E-state index in [0.717, 1.165) is 18.7 Å². The second kappa shape index (κ2) is 4.91. The Bertz CT molecular complexity index is 443. The van der Waals surface area contributed by atoms with Crippen LogP contribution >= 0.6 is 11.6 Å². The fourth-order valence-electron chi connectivity index (χ4n) is 3.23. The molecule has 106 valence electrons. The molecule has 2 heterocycles. The summed E-state index contributed by atoms with van der Waals surface area (Å²) in [6, 6.07) is 2.30. The van der Waals surface area contributed by atoms with Crippen LogP contribution in [0.2, 0.25) is 5.02 Å². The first-order valence-electron chi connectivity index (χ1n) is 6.69. The van der Waals surface area contributed by atoms with Gasteiger partial charge in [0.25, 0.3) is 0 Å². The number of halogens is 1. The van der Waals surface area contributed by atoms with Crippen LogP contribution in [0, 0.1) is 0 Å². The van der Waals surface area contributed by atoms with Gasteiger partial charge in [-0.1, -0.05) is 11.6 Å². The smallest absolute Gasteiger partial charge is 0.152 e. The average molecular weight is 283 g/mol. The van der Waals surface area contributed by atoms with Crippen LogP contribution in [-0.2, 0) is 0 Å². The first-order chi connectivity index (χ1) is 8.69. The first kappa shape index (κ1) is 14.5. The molecule has 1 N–H and O–H groups in total. The van der Waals surface area contributed by atoms with Crippen LogP contribution in [0.4, 0.5) is 5.82 Å². The van der Waals surface area contributed by atoms with Gasteiger partial charge >= 0.3 is 0 Å². The summed E-state index contributed by atoms with van der Waals surface area (Å²) in [5.74, 6) is 0.839. The lowest BCUT2D eigenvalue weighted by Crippen LogP contribution is -2.62. The molecule has 1 aromatic heterocycles. The van der Waals surface area contributed by atoms with Crippen molar-refractivity contribution >= 4 is 17.4 Å². The van der Waals surface area contributed by atoms with E-state index >= 15 is 0 Å². The number of anilines is 1. The summed E-state index contributed by atoms with van der Waals surface area (Å²) in [5, 5.41) is 12.4. The number of nitrogens with one attached hydrogen (secondary N) is 1. The molecule has 1 aliphatic heterocycles. The molecule has 0 amide bonds. The Labute approximate surface area is 120 Å². The first-order valence-corrected chi connectivity index (χ1v) is 7.07. The minimum absolute atomic E-state index is 0.118. The minimum Gasteiger partial charge on any atom is -0.355 e. The summed E-state index contributed by atoms with van der Waals surface area (Å²) in [5.41, 5.74) is 0.235. The van der Waals surface area contributed by atoms with Gasteiger partial charge in [0.05, 0.1) is 11.2 Å². The molecule has 1 aliphatic rings. The molecule has 5 heteroatoms. The molecular weight excluding hydrogens is 260 g/mol. The molecule has 0 saturated carbocycles. The molecule has 0 aliphatic carbocycles. The molecule has 0 bridgehead atoms. The van der Waals surface area contributed by atoms with Crippen LogP contribution in [0.5, 0.6) is 0 Å². The van der Waals surface area contributed by atoms with E-state index in [4.69, 9.17) is 11.6 Å². The summed E-state index contributed by atoms with van der Waals surface area (Å²) in [7, 11) is 2.07. The van der Waals surface area contributed by atoms with Crippen molar-refractivity contribution in [2.24, 2.45) is 0 Å². The SMILES string of the molecule is CN(c1cc(Cl)cnn1)C1CC(C)(C)NC(C)(C)C1. The van der Waals surface area contributed by atoms with Gasteiger partial charge in [0.1, 0.15) is 0 Å². The van der Waals surface area contributed by atoms with Gasteiger partial charge in [-0.15, -0.1) is 5.10 Å². The highest BCUT2D eigenvalue weighted by Crippen LogP contribution is 2.32. The van der Waals surface area contributed by atoms with Crippen molar-refractivity contribution < 1.29 is 0 Å². The van der Waals surface area contributed by atoms with Crippen LogP contribution in [0.25, 0.3) is 0 Å². The molecule has 1 saturated heterocycles. The van der Waals surface area contributed by atoms with E-state index in [1.54, 1.807) is 6.20 Å². The molecule has 0 aromatic carbocycles. The van der Waals surface area contributed by atoms with E-state index in [2.05, 4.69) is 55.2 Å². The third-order valence-corrected chi connectivity index (χ3v) is 3.89. The van der Waals surface area contributed by atoms with Crippen molar-refractivity contribution in [2.45, 2.75) is 57.7 Å².